The van der Waals surface area contributed by atoms with E-state index in [2.05, 4.69) is 10.6 Å². The van der Waals surface area contributed by atoms with E-state index >= 15 is 0 Å². The van der Waals surface area contributed by atoms with Crippen molar-refractivity contribution in [1.82, 2.24) is 14.5 Å². The lowest BCUT2D eigenvalue weighted by molar-refractivity contribution is -0.122. The monoisotopic (exact) mass is 522 g/mol. The van der Waals surface area contributed by atoms with Crippen LogP contribution in [-0.2, 0) is 29.2 Å². The standard InChI is InChI=1S/C26H23ClN4O6/c1-37-18-6-4-5-16(11-18)13-28-23(33)14-31-25(35)19-7-2-3-8-21(19)30(26(31)36)15-24(34)29-20-12-17(27)9-10-22(20)32/h2-12,32H,13-15H2,1H3,(H,28,33)(H,29,34). The first kappa shape index (κ1) is 25.5. The fraction of sp³-hybridized carbons (Fsp3) is 0.154. The second-order valence-electron chi connectivity index (χ2n) is 8.12. The van der Waals surface area contributed by atoms with Gasteiger partial charge in [-0.3, -0.25) is 23.5 Å². The Labute approximate surface area is 215 Å². The van der Waals surface area contributed by atoms with Crippen molar-refractivity contribution in [3.05, 3.63) is 98.2 Å². The van der Waals surface area contributed by atoms with Gasteiger partial charge in [-0.2, -0.15) is 0 Å². The number of para-hydroxylation sites is 1. The third-order valence-corrected chi connectivity index (χ3v) is 5.83. The number of anilines is 1. The van der Waals surface area contributed by atoms with Crippen molar-refractivity contribution in [2.45, 2.75) is 19.6 Å². The predicted molar refractivity (Wildman–Crippen MR) is 139 cm³/mol. The normalized spacial score (nSPS) is 10.8. The second-order valence-corrected chi connectivity index (χ2v) is 8.55. The van der Waals surface area contributed by atoms with Gasteiger partial charge in [0, 0.05) is 11.6 Å². The molecule has 0 fully saturated rings. The average Bonchev–Trinajstić information content (AvgIpc) is 2.90. The third-order valence-electron chi connectivity index (χ3n) is 5.59. The molecule has 10 nitrogen and oxygen atoms in total. The largest absolute Gasteiger partial charge is 0.506 e. The number of hydrogen-bond donors (Lipinski definition) is 3. The Morgan fingerprint density at radius 2 is 1.70 bits per heavy atom. The number of phenolic OH excluding ortho intramolecular Hbond substituents is 1. The number of nitrogens with zero attached hydrogens (tertiary/aromatic N) is 2. The van der Waals surface area contributed by atoms with Crippen molar-refractivity contribution in [2.24, 2.45) is 0 Å². The molecule has 2 amide bonds. The number of benzene rings is 3. The molecule has 3 aromatic carbocycles. The number of rotatable bonds is 8. The quantitative estimate of drug-likeness (QED) is 0.305. The number of phenols is 1. The Morgan fingerprint density at radius 1 is 0.946 bits per heavy atom. The first-order chi connectivity index (χ1) is 17.8. The van der Waals surface area contributed by atoms with Crippen LogP contribution in [0.2, 0.25) is 5.02 Å². The average molecular weight is 523 g/mol. The van der Waals surface area contributed by atoms with E-state index in [1.165, 1.54) is 37.4 Å². The minimum atomic E-state index is -0.828. The topological polar surface area (TPSA) is 132 Å². The first-order valence-corrected chi connectivity index (χ1v) is 11.5. The number of amides is 2. The molecule has 0 saturated carbocycles. The van der Waals surface area contributed by atoms with Crippen molar-refractivity contribution in [2.75, 3.05) is 12.4 Å². The maximum Gasteiger partial charge on any atom is 0.332 e. The summed E-state index contributed by atoms with van der Waals surface area (Å²) in [7, 11) is 1.53. The van der Waals surface area contributed by atoms with Crippen LogP contribution in [0.3, 0.4) is 0 Å². The molecule has 0 saturated heterocycles. The molecule has 11 heteroatoms. The van der Waals surface area contributed by atoms with E-state index in [-0.39, 0.29) is 28.9 Å². The van der Waals surface area contributed by atoms with Crippen molar-refractivity contribution >= 4 is 40.0 Å². The van der Waals surface area contributed by atoms with Crippen LogP contribution in [0.25, 0.3) is 10.9 Å². The van der Waals surface area contributed by atoms with Gasteiger partial charge in [0.25, 0.3) is 5.56 Å². The Bertz CT molecular complexity index is 1610. The molecule has 0 radical (unpaired) electrons. The molecule has 0 aliphatic heterocycles. The lowest BCUT2D eigenvalue weighted by atomic mass is 10.2. The second kappa shape index (κ2) is 11.0. The minimum Gasteiger partial charge on any atom is -0.506 e. The van der Waals surface area contributed by atoms with Gasteiger partial charge in [0.2, 0.25) is 11.8 Å². The summed E-state index contributed by atoms with van der Waals surface area (Å²) in [5.41, 5.74) is -0.403. The highest BCUT2D eigenvalue weighted by Gasteiger charge is 2.18. The van der Waals surface area contributed by atoms with Crippen molar-refractivity contribution in [3.63, 3.8) is 0 Å². The van der Waals surface area contributed by atoms with Crippen LogP contribution in [0, 0.1) is 0 Å². The van der Waals surface area contributed by atoms with Crippen molar-refractivity contribution < 1.29 is 19.4 Å². The molecule has 0 bridgehead atoms. The lowest BCUT2D eigenvalue weighted by Crippen LogP contribution is -2.44. The summed E-state index contributed by atoms with van der Waals surface area (Å²) < 4.78 is 7.05. The molecule has 3 N–H and O–H groups in total. The molecule has 0 spiro atoms. The summed E-state index contributed by atoms with van der Waals surface area (Å²) in [6.07, 6.45) is 0. The highest BCUT2D eigenvalue weighted by atomic mass is 35.5. The molecule has 4 rings (SSSR count). The number of nitrogens with one attached hydrogen (secondary N) is 2. The van der Waals surface area contributed by atoms with Gasteiger partial charge in [-0.05, 0) is 48.0 Å². The molecular formula is C26H23ClN4O6. The molecule has 1 heterocycles. The van der Waals surface area contributed by atoms with Crippen LogP contribution in [0.15, 0.2) is 76.3 Å². The molecular weight excluding hydrogens is 500 g/mol. The highest BCUT2D eigenvalue weighted by Crippen LogP contribution is 2.26. The molecule has 0 atom stereocenters. The summed E-state index contributed by atoms with van der Waals surface area (Å²) in [6.45, 7) is -0.849. The van der Waals surface area contributed by atoms with Crippen LogP contribution >= 0.6 is 11.6 Å². The molecule has 37 heavy (non-hydrogen) atoms. The van der Waals surface area contributed by atoms with E-state index in [9.17, 15) is 24.3 Å². The van der Waals surface area contributed by atoms with Gasteiger partial charge in [-0.25, -0.2) is 4.79 Å². The molecule has 4 aromatic rings. The number of halogens is 1. The van der Waals surface area contributed by atoms with Crippen LogP contribution in [0.5, 0.6) is 11.5 Å². The minimum absolute atomic E-state index is 0.0695. The summed E-state index contributed by atoms with van der Waals surface area (Å²) in [6, 6.07) is 17.5. The SMILES string of the molecule is COc1cccc(CNC(=O)Cn2c(=O)c3ccccc3n(CC(=O)Nc3cc(Cl)ccc3O)c2=O)c1. The predicted octanol–water partition coefficient (Wildman–Crippen LogP) is 2.49. The smallest absolute Gasteiger partial charge is 0.332 e. The third kappa shape index (κ3) is 5.81. The van der Waals surface area contributed by atoms with E-state index in [1.807, 2.05) is 0 Å². The van der Waals surface area contributed by atoms with Crippen molar-refractivity contribution in [3.8, 4) is 11.5 Å². The number of methoxy groups -OCH3 is 1. The summed E-state index contributed by atoms with van der Waals surface area (Å²) >= 11 is 5.93. The number of ether oxygens (including phenoxy) is 1. The molecule has 1 aromatic heterocycles. The lowest BCUT2D eigenvalue weighted by Gasteiger charge is -2.15. The number of aromatic hydroxyl groups is 1. The zero-order valence-electron chi connectivity index (χ0n) is 19.7. The first-order valence-electron chi connectivity index (χ1n) is 11.2. The maximum atomic E-state index is 13.3. The van der Waals surface area contributed by atoms with E-state index in [0.717, 1.165) is 14.7 Å². The van der Waals surface area contributed by atoms with E-state index < -0.39 is 36.2 Å². The van der Waals surface area contributed by atoms with E-state index in [1.54, 1.807) is 36.4 Å². The molecule has 190 valence electrons. The maximum absolute atomic E-state index is 13.3. The fourth-order valence-electron chi connectivity index (χ4n) is 3.79. The number of aromatic nitrogens is 2. The van der Waals surface area contributed by atoms with E-state index in [0.29, 0.717) is 10.8 Å². The summed E-state index contributed by atoms with van der Waals surface area (Å²) in [4.78, 5) is 51.8. The van der Waals surface area contributed by atoms with Gasteiger partial charge in [-0.1, -0.05) is 35.9 Å². The van der Waals surface area contributed by atoms with Crippen molar-refractivity contribution in [1.29, 1.82) is 0 Å². The van der Waals surface area contributed by atoms with Crippen LogP contribution in [0.1, 0.15) is 5.56 Å². The zero-order valence-corrected chi connectivity index (χ0v) is 20.5. The van der Waals surface area contributed by atoms with E-state index in [4.69, 9.17) is 16.3 Å². The number of carbonyl (C=O) groups is 2. The Kier molecular flexibility index (Phi) is 7.59. The molecule has 0 aliphatic carbocycles. The van der Waals surface area contributed by atoms with Gasteiger partial charge in [-0.15, -0.1) is 0 Å². The van der Waals surface area contributed by atoms with Gasteiger partial charge in [0.1, 0.15) is 24.6 Å². The van der Waals surface area contributed by atoms with Gasteiger partial charge in [0.05, 0.1) is 23.7 Å². The van der Waals surface area contributed by atoms with Crippen LogP contribution in [-0.4, -0.2) is 33.2 Å². The van der Waals surface area contributed by atoms with Gasteiger partial charge < -0.3 is 20.5 Å². The summed E-state index contributed by atoms with van der Waals surface area (Å²) in [5, 5.41) is 15.6. The van der Waals surface area contributed by atoms with Crippen LogP contribution < -0.4 is 26.6 Å². The Hall–Kier alpha value is -4.57. The molecule has 0 aliphatic rings. The summed E-state index contributed by atoms with van der Waals surface area (Å²) in [5.74, 6) is -0.771. The Balaban J connectivity index is 1.60. The number of hydrogen-bond acceptors (Lipinski definition) is 6. The zero-order chi connectivity index (χ0) is 26.5. The Morgan fingerprint density at radius 3 is 2.49 bits per heavy atom. The van der Waals surface area contributed by atoms with Gasteiger partial charge >= 0.3 is 5.69 Å². The number of carbonyl (C=O) groups excluding carboxylic acids is 2. The number of fused-ring (bicyclic) bond motifs is 1. The molecule has 0 unspecified atom stereocenters. The van der Waals surface area contributed by atoms with Gasteiger partial charge in [0.15, 0.2) is 0 Å². The highest BCUT2D eigenvalue weighted by molar-refractivity contribution is 6.31. The van der Waals surface area contributed by atoms with Crippen LogP contribution in [0.4, 0.5) is 5.69 Å². The fourth-order valence-corrected chi connectivity index (χ4v) is 3.96.